The van der Waals surface area contributed by atoms with Gasteiger partial charge in [0.15, 0.2) is 5.76 Å². The van der Waals surface area contributed by atoms with Crippen LogP contribution in [0.15, 0.2) is 76.7 Å². The molecule has 4 rings (SSSR count). The first-order valence-electron chi connectivity index (χ1n) is 9.68. The first-order valence-corrected chi connectivity index (χ1v) is 11.2. The van der Waals surface area contributed by atoms with Gasteiger partial charge in [0.25, 0.3) is 0 Å². The van der Waals surface area contributed by atoms with Crippen molar-refractivity contribution in [2.24, 2.45) is 0 Å². The lowest BCUT2D eigenvalue weighted by Gasteiger charge is -2.30. The summed E-state index contributed by atoms with van der Waals surface area (Å²) in [4.78, 5) is 1.30. The van der Waals surface area contributed by atoms with E-state index in [2.05, 4.69) is 5.16 Å². The Balaban J connectivity index is 1.33. The smallest absolute Gasteiger partial charge is 0.236 e. The number of hydrogen-bond donors (Lipinski definition) is 1. The maximum atomic E-state index is 12.6. The first kappa shape index (κ1) is 19.6. The monoisotopic (exact) mass is 410 g/mol. The molecule has 1 aromatic heterocycles. The zero-order valence-electron chi connectivity index (χ0n) is 16.1. The van der Waals surface area contributed by atoms with Crippen LogP contribution >= 0.6 is 0 Å². The molecule has 7 heteroatoms. The van der Waals surface area contributed by atoms with Gasteiger partial charge in [-0.15, -0.1) is 0 Å². The van der Waals surface area contributed by atoms with Crippen molar-refractivity contribution in [3.8, 4) is 11.3 Å². The van der Waals surface area contributed by atoms with E-state index in [-0.39, 0.29) is 0 Å². The number of sulfonamides is 1. The van der Waals surface area contributed by atoms with Gasteiger partial charge in [0.1, 0.15) is 12.2 Å². The van der Waals surface area contributed by atoms with Crippen molar-refractivity contribution in [1.82, 2.24) is 9.46 Å². The number of quaternary nitrogens is 1. The predicted octanol–water partition coefficient (Wildman–Crippen LogP) is 2.04. The number of rotatable bonds is 6. The zero-order chi connectivity index (χ0) is 20.1. The van der Waals surface area contributed by atoms with Crippen molar-refractivity contribution in [3.05, 3.63) is 83.4 Å². The summed E-state index contributed by atoms with van der Waals surface area (Å²) in [5.74, 6) is 0.757. The molecule has 150 valence electrons. The second-order valence-corrected chi connectivity index (χ2v) is 8.95. The third kappa shape index (κ3) is 5.00. The standard InChI is InChI=1S/C22H23N3O3S/c26-29(27,16-11-19-7-3-1-4-8-19)25-14-12-24(13-15-25)18-21-17-22(28-23-21)20-9-5-2-6-10-20/h1-11,16-17H,12-15,18H2/p+1/b16-11+. The molecule has 0 aliphatic carbocycles. The Bertz CT molecular complexity index is 1050. The van der Waals surface area contributed by atoms with E-state index < -0.39 is 10.0 Å². The Kier molecular flexibility index (Phi) is 5.89. The minimum Gasteiger partial charge on any atom is -0.356 e. The van der Waals surface area contributed by atoms with E-state index in [0.29, 0.717) is 13.1 Å². The van der Waals surface area contributed by atoms with Crippen LogP contribution in [-0.2, 0) is 16.6 Å². The largest absolute Gasteiger partial charge is 0.356 e. The van der Waals surface area contributed by atoms with Crippen molar-refractivity contribution >= 4 is 16.1 Å². The third-order valence-electron chi connectivity index (χ3n) is 5.07. The van der Waals surface area contributed by atoms with Crippen molar-refractivity contribution in [2.45, 2.75) is 6.54 Å². The van der Waals surface area contributed by atoms with Crippen LogP contribution in [0.1, 0.15) is 11.3 Å². The highest BCUT2D eigenvalue weighted by Crippen LogP contribution is 2.19. The topological polar surface area (TPSA) is 67.8 Å². The molecular weight excluding hydrogens is 386 g/mol. The van der Waals surface area contributed by atoms with E-state index in [0.717, 1.165) is 42.2 Å². The van der Waals surface area contributed by atoms with Crippen LogP contribution in [-0.4, -0.2) is 44.1 Å². The van der Waals surface area contributed by atoms with Crippen LogP contribution in [0.4, 0.5) is 0 Å². The first-order chi connectivity index (χ1) is 14.1. The minimum atomic E-state index is -3.40. The van der Waals surface area contributed by atoms with Gasteiger partial charge in [-0.3, -0.25) is 0 Å². The number of piperazine rings is 1. The van der Waals surface area contributed by atoms with Crippen LogP contribution in [0.5, 0.6) is 0 Å². The Morgan fingerprint density at radius 2 is 1.66 bits per heavy atom. The molecule has 1 fully saturated rings. The quantitative estimate of drug-likeness (QED) is 0.675. The van der Waals surface area contributed by atoms with E-state index in [9.17, 15) is 8.42 Å². The summed E-state index contributed by atoms with van der Waals surface area (Å²) in [6.07, 6.45) is 1.65. The third-order valence-corrected chi connectivity index (χ3v) is 6.63. The molecule has 2 heterocycles. The Labute approximate surface area is 171 Å². The molecule has 0 unspecified atom stereocenters. The molecule has 29 heavy (non-hydrogen) atoms. The van der Waals surface area contributed by atoms with Gasteiger partial charge >= 0.3 is 0 Å². The van der Waals surface area contributed by atoms with Gasteiger partial charge in [-0.05, 0) is 11.6 Å². The van der Waals surface area contributed by atoms with Crippen LogP contribution < -0.4 is 4.90 Å². The van der Waals surface area contributed by atoms with Gasteiger partial charge in [-0.1, -0.05) is 65.8 Å². The summed E-state index contributed by atoms with van der Waals surface area (Å²) >= 11 is 0. The molecule has 3 aromatic rings. The molecule has 0 bridgehead atoms. The number of nitrogens with one attached hydrogen (secondary N) is 1. The summed E-state index contributed by atoms with van der Waals surface area (Å²) in [5, 5.41) is 5.48. The summed E-state index contributed by atoms with van der Waals surface area (Å²) in [6.45, 7) is 3.21. The average Bonchev–Trinajstić information content (AvgIpc) is 3.23. The second-order valence-electron chi connectivity index (χ2n) is 7.13. The molecule has 0 saturated carbocycles. The molecule has 2 aromatic carbocycles. The van der Waals surface area contributed by atoms with Gasteiger partial charge in [-0.2, -0.15) is 4.31 Å². The minimum absolute atomic E-state index is 0.500. The van der Waals surface area contributed by atoms with E-state index in [1.165, 1.54) is 10.3 Å². The maximum absolute atomic E-state index is 12.6. The fourth-order valence-corrected chi connectivity index (χ4v) is 4.63. The van der Waals surface area contributed by atoms with Crippen LogP contribution in [0.25, 0.3) is 17.4 Å². The number of nitrogens with zero attached hydrogens (tertiary/aromatic N) is 2. The Hall–Kier alpha value is -2.74. The van der Waals surface area contributed by atoms with E-state index in [4.69, 9.17) is 4.52 Å². The highest BCUT2D eigenvalue weighted by molar-refractivity contribution is 7.92. The van der Waals surface area contributed by atoms with Crippen LogP contribution in [0.2, 0.25) is 0 Å². The van der Waals surface area contributed by atoms with E-state index in [1.807, 2.05) is 66.7 Å². The zero-order valence-corrected chi connectivity index (χ0v) is 16.9. The highest BCUT2D eigenvalue weighted by atomic mass is 32.2. The molecular formula is C22H24N3O3S+. The molecule has 1 N–H and O–H groups in total. The Morgan fingerprint density at radius 1 is 1.00 bits per heavy atom. The summed E-state index contributed by atoms with van der Waals surface area (Å²) < 4.78 is 32.2. The average molecular weight is 411 g/mol. The predicted molar refractivity (Wildman–Crippen MR) is 112 cm³/mol. The summed E-state index contributed by atoms with van der Waals surface area (Å²) in [6, 6.07) is 21.3. The molecule has 1 aliphatic rings. The molecule has 0 spiro atoms. The summed E-state index contributed by atoms with van der Waals surface area (Å²) in [7, 11) is -3.40. The van der Waals surface area contributed by atoms with Crippen molar-refractivity contribution < 1.29 is 17.8 Å². The fourth-order valence-electron chi connectivity index (χ4n) is 3.44. The summed E-state index contributed by atoms with van der Waals surface area (Å²) in [5.41, 5.74) is 2.77. The molecule has 0 atom stereocenters. The van der Waals surface area contributed by atoms with Crippen molar-refractivity contribution in [3.63, 3.8) is 0 Å². The fraction of sp³-hybridized carbons (Fsp3) is 0.227. The second kappa shape index (κ2) is 8.73. The maximum Gasteiger partial charge on any atom is 0.236 e. The van der Waals surface area contributed by atoms with Gasteiger partial charge in [0.2, 0.25) is 10.0 Å². The van der Waals surface area contributed by atoms with Gasteiger partial charge in [-0.25, -0.2) is 8.42 Å². The lowest BCUT2D eigenvalue weighted by Crippen LogP contribution is -3.13. The van der Waals surface area contributed by atoms with Crippen molar-refractivity contribution in [1.29, 1.82) is 0 Å². The molecule has 0 amide bonds. The van der Waals surface area contributed by atoms with E-state index >= 15 is 0 Å². The lowest BCUT2D eigenvalue weighted by molar-refractivity contribution is -0.917. The Morgan fingerprint density at radius 3 is 2.34 bits per heavy atom. The number of benzene rings is 2. The molecule has 1 aliphatic heterocycles. The molecule has 1 saturated heterocycles. The van der Waals surface area contributed by atoms with E-state index in [1.54, 1.807) is 10.4 Å². The SMILES string of the molecule is O=S(=O)(/C=C/c1ccccc1)N1CC[NH+](Cc2cc(-c3ccccc3)on2)CC1. The molecule has 0 radical (unpaired) electrons. The molecule has 6 nitrogen and oxygen atoms in total. The van der Waals surface area contributed by atoms with Gasteiger partial charge in [0, 0.05) is 17.0 Å². The normalized spacial score (nSPS) is 16.4. The lowest BCUT2D eigenvalue weighted by atomic mass is 10.1. The van der Waals surface area contributed by atoms with Gasteiger partial charge in [0.05, 0.1) is 26.2 Å². The number of hydrogen-bond acceptors (Lipinski definition) is 4. The highest BCUT2D eigenvalue weighted by Gasteiger charge is 2.28. The van der Waals surface area contributed by atoms with Crippen LogP contribution in [0.3, 0.4) is 0 Å². The number of aromatic nitrogens is 1. The van der Waals surface area contributed by atoms with Gasteiger partial charge < -0.3 is 9.42 Å². The van der Waals surface area contributed by atoms with Crippen LogP contribution in [0, 0.1) is 0 Å². The van der Waals surface area contributed by atoms with Crippen molar-refractivity contribution in [2.75, 3.05) is 26.2 Å².